The Balaban J connectivity index is 2.07. The first-order valence-electron chi connectivity index (χ1n) is 7.02. The van der Waals surface area contributed by atoms with Crippen LogP contribution in [0.15, 0.2) is 40.3 Å². The van der Waals surface area contributed by atoms with Gasteiger partial charge in [0.15, 0.2) is 16.0 Å². The zero-order valence-electron chi connectivity index (χ0n) is 12.0. The first-order chi connectivity index (χ1) is 10.7. The number of hydrogen-bond donors (Lipinski definition) is 1. The number of H-pyrrole nitrogens is 1. The molecule has 0 atom stereocenters. The van der Waals surface area contributed by atoms with Crippen molar-refractivity contribution in [1.82, 2.24) is 19.5 Å². The van der Waals surface area contributed by atoms with E-state index in [-0.39, 0.29) is 10.8 Å². The summed E-state index contributed by atoms with van der Waals surface area (Å²) in [7, 11) is 0. The predicted molar refractivity (Wildman–Crippen MR) is 89.7 cm³/mol. The maximum absolute atomic E-state index is 12.2. The molecule has 3 rings (SSSR count). The minimum absolute atomic E-state index is 0.229. The molecule has 0 aliphatic heterocycles. The van der Waals surface area contributed by atoms with Crippen LogP contribution in [0.25, 0.3) is 11.2 Å². The van der Waals surface area contributed by atoms with Crippen LogP contribution >= 0.6 is 23.4 Å². The minimum Gasteiger partial charge on any atom is -0.302 e. The van der Waals surface area contributed by atoms with Gasteiger partial charge in [-0.2, -0.15) is 0 Å². The summed E-state index contributed by atoms with van der Waals surface area (Å²) in [5, 5.41) is 0.882. The topological polar surface area (TPSA) is 63.6 Å². The molecule has 0 bridgehead atoms. The highest BCUT2D eigenvalue weighted by molar-refractivity contribution is 7.99. The number of benzene rings is 1. The highest BCUT2D eigenvalue weighted by Gasteiger charge is 2.14. The Morgan fingerprint density at radius 1 is 1.27 bits per heavy atom. The molecule has 0 aliphatic rings. The number of halogens is 1. The van der Waals surface area contributed by atoms with E-state index in [1.165, 1.54) is 11.8 Å². The quantitative estimate of drug-likeness (QED) is 0.441. The molecule has 0 saturated carbocycles. The van der Waals surface area contributed by atoms with Crippen molar-refractivity contribution in [2.24, 2.45) is 0 Å². The summed E-state index contributed by atoms with van der Waals surface area (Å²) in [4.78, 5) is 23.7. The monoisotopic (exact) mass is 334 g/mol. The summed E-state index contributed by atoms with van der Waals surface area (Å²) in [6.45, 7) is 2.54. The maximum Gasteiger partial charge on any atom is 0.328 e. The zero-order chi connectivity index (χ0) is 15.5. The zero-order valence-corrected chi connectivity index (χ0v) is 13.6. The summed E-state index contributed by atoms with van der Waals surface area (Å²) in [5.74, 6) is 0.912. The standard InChI is InChI=1S/C15H15ClN4OS/c1-2-8-22-14-18-12(16)11-13(19-14)20(15(21)17-11)9-10-6-4-3-5-7-10/h3-7H,2,8-9H2,1H3,(H,17,21). The van der Waals surface area contributed by atoms with Crippen LogP contribution in [0, 0.1) is 0 Å². The van der Waals surface area contributed by atoms with Gasteiger partial charge < -0.3 is 4.98 Å². The molecule has 114 valence electrons. The number of nitrogens with one attached hydrogen (secondary N) is 1. The molecule has 1 N–H and O–H groups in total. The van der Waals surface area contributed by atoms with Crippen molar-refractivity contribution in [2.75, 3.05) is 5.75 Å². The molecule has 7 heteroatoms. The van der Waals surface area contributed by atoms with Gasteiger partial charge in [-0.05, 0) is 12.0 Å². The number of hydrogen-bond acceptors (Lipinski definition) is 4. The number of aromatic nitrogens is 4. The fourth-order valence-corrected chi connectivity index (χ4v) is 3.10. The van der Waals surface area contributed by atoms with Crippen molar-refractivity contribution in [3.8, 4) is 0 Å². The molecule has 0 aliphatic carbocycles. The molecule has 0 radical (unpaired) electrons. The van der Waals surface area contributed by atoms with Gasteiger partial charge in [-0.3, -0.25) is 4.57 Å². The van der Waals surface area contributed by atoms with Crippen LogP contribution < -0.4 is 5.69 Å². The Labute approximate surface area is 136 Å². The van der Waals surface area contributed by atoms with Gasteiger partial charge >= 0.3 is 5.69 Å². The third kappa shape index (κ3) is 3.03. The predicted octanol–water partition coefficient (Wildman–Crippen LogP) is 3.32. The lowest BCUT2D eigenvalue weighted by atomic mass is 10.2. The van der Waals surface area contributed by atoms with Gasteiger partial charge in [-0.25, -0.2) is 14.8 Å². The van der Waals surface area contributed by atoms with E-state index < -0.39 is 0 Å². The molecule has 0 unspecified atom stereocenters. The Morgan fingerprint density at radius 3 is 2.77 bits per heavy atom. The smallest absolute Gasteiger partial charge is 0.302 e. The molecular weight excluding hydrogens is 320 g/mol. The first kappa shape index (κ1) is 15.1. The highest BCUT2D eigenvalue weighted by Crippen LogP contribution is 2.23. The molecule has 0 saturated heterocycles. The van der Waals surface area contributed by atoms with E-state index >= 15 is 0 Å². The molecule has 2 aromatic heterocycles. The average molecular weight is 335 g/mol. The van der Waals surface area contributed by atoms with Crippen molar-refractivity contribution in [2.45, 2.75) is 25.0 Å². The van der Waals surface area contributed by atoms with Crippen molar-refractivity contribution in [1.29, 1.82) is 0 Å². The van der Waals surface area contributed by atoms with E-state index in [4.69, 9.17) is 11.6 Å². The van der Waals surface area contributed by atoms with Crippen LogP contribution in [0.5, 0.6) is 0 Å². The Kier molecular flexibility index (Phi) is 4.49. The highest BCUT2D eigenvalue weighted by atomic mass is 35.5. The van der Waals surface area contributed by atoms with Gasteiger partial charge in [0.25, 0.3) is 0 Å². The van der Waals surface area contributed by atoms with E-state index in [0.717, 1.165) is 17.7 Å². The molecule has 1 aromatic carbocycles. The fourth-order valence-electron chi connectivity index (χ4n) is 2.15. The molecule has 0 spiro atoms. The molecular formula is C15H15ClN4OS. The van der Waals surface area contributed by atoms with Crippen molar-refractivity contribution in [3.05, 3.63) is 51.5 Å². The van der Waals surface area contributed by atoms with Crippen molar-refractivity contribution in [3.63, 3.8) is 0 Å². The maximum atomic E-state index is 12.2. The van der Waals surface area contributed by atoms with Gasteiger partial charge in [0.2, 0.25) is 0 Å². The van der Waals surface area contributed by atoms with E-state index in [1.54, 1.807) is 4.57 Å². The molecule has 0 amide bonds. The second-order valence-electron chi connectivity index (χ2n) is 4.85. The minimum atomic E-state index is -0.229. The summed E-state index contributed by atoms with van der Waals surface area (Å²) >= 11 is 7.72. The lowest BCUT2D eigenvalue weighted by Gasteiger charge is -2.04. The molecule has 3 aromatic rings. The van der Waals surface area contributed by atoms with E-state index in [9.17, 15) is 4.79 Å². The first-order valence-corrected chi connectivity index (χ1v) is 8.38. The van der Waals surface area contributed by atoms with Crippen LogP contribution in [0.1, 0.15) is 18.9 Å². The number of aromatic amines is 1. The Morgan fingerprint density at radius 2 is 2.05 bits per heavy atom. The normalized spacial score (nSPS) is 11.2. The van der Waals surface area contributed by atoms with Crippen LogP contribution in [0.2, 0.25) is 5.15 Å². The summed E-state index contributed by atoms with van der Waals surface area (Å²) in [5.41, 5.74) is 1.84. The summed E-state index contributed by atoms with van der Waals surface area (Å²) in [6.07, 6.45) is 1.02. The van der Waals surface area contributed by atoms with Crippen molar-refractivity contribution < 1.29 is 0 Å². The van der Waals surface area contributed by atoms with Gasteiger partial charge in [0.1, 0.15) is 5.52 Å². The van der Waals surface area contributed by atoms with Crippen molar-refractivity contribution >= 4 is 34.5 Å². The van der Waals surface area contributed by atoms with Crippen LogP contribution in [-0.2, 0) is 6.54 Å². The van der Waals surface area contributed by atoms with Crippen LogP contribution in [-0.4, -0.2) is 25.3 Å². The van der Waals surface area contributed by atoms with Gasteiger partial charge in [-0.1, -0.05) is 60.6 Å². The fraction of sp³-hybridized carbons (Fsp3) is 0.267. The van der Waals surface area contributed by atoms with E-state index in [2.05, 4.69) is 21.9 Å². The number of fused-ring (bicyclic) bond motifs is 1. The SMILES string of the molecule is CCCSc1nc(Cl)c2[nH]c(=O)n(Cc3ccccc3)c2n1. The third-order valence-corrected chi connectivity index (χ3v) is 4.50. The van der Waals surface area contributed by atoms with Crippen LogP contribution in [0.4, 0.5) is 0 Å². The van der Waals surface area contributed by atoms with Crippen LogP contribution in [0.3, 0.4) is 0 Å². The van der Waals surface area contributed by atoms with Gasteiger partial charge in [0.05, 0.1) is 6.54 Å². The lowest BCUT2D eigenvalue weighted by molar-refractivity contribution is 0.771. The lowest BCUT2D eigenvalue weighted by Crippen LogP contribution is -2.17. The van der Waals surface area contributed by atoms with E-state index in [1.807, 2.05) is 30.3 Å². The Bertz CT molecular complexity index is 844. The average Bonchev–Trinajstić information content (AvgIpc) is 2.83. The van der Waals surface area contributed by atoms with Gasteiger partial charge in [0, 0.05) is 5.75 Å². The number of nitrogens with zero attached hydrogens (tertiary/aromatic N) is 3. The molecule has 2 heterocycles. The molecule has 22 heavy (non-hydrogen) atoms. The third-order valence-electron chi connectivity index (χ3n) is 3.18. The number of thioether (sulfide) groups is 1. The summed E-state index contributed by atoms with van der Waals surface area (Å²) in [6, 6.07) is 9.78. The van der Waals surface area contributed by atoms with Gasteiger partial charge in [-0.15, -0.1) is 0 Å². The molecule has 0 fully saturated rings. The second kappa shape index (κ2) is 6.54. The second-order valence-corrected chi connectivity index (χ2v) is 6.27. The molecule has 5 nitrogen and oxygen atoms in total. The largest absolute Gasteiger partial charge is 0.328 e. The Hall–Kier alpha value is -1.79. The van der Waals surface area contributed by atoms with E-state index in [0.29, 0.717) is 22.9 Å². The number of rotatable bonds is 5. The summed E-state index contributed by atoms with van der Waals surface area (Å²) < 4.78 is 1.59. The number of imidazole rings is 1.